The first-order chi connectivity index (χ1) is 10.3. The molecule has 6 heteroatoms. The van der Waals surface area contributed by atoms with Crippen molar-refractivity contribution in [2.24, 2.45) is 11.7 Å². The molecule has 5 nitrogen and oxygen atoms in total. The van der Waals surface area contributed by atoms with Crippen molar-refractivity contribution in [3.8, 4) is 0 Å². The third-order valence-electron chi connectivity index (χ3n) is 3.71. The van der Waals surface area contributed by atoms with E-state index in [9.17, 15) is 5.11 Å². The summed E-state index contributed by atoms with van der Waals surface area (Å²) in [7, 11) is 0.317. The van der Waals surface area contributed by atoms with Gasteiger partial charge in [-0.05, 0) is 51.2 Å². The van der Waals surface area contributed by atoms with Gasteiger partial charge in [-0.3, -0.25) is 0 Å². The quantitative estimate of drug-likeness (QED) is 0.377. The zero-order valence-electron chi connectivity index (χ0n) is 15.1. The van der Waals surface area contributed by atoms with Crippen molar-refractivity contribution < 1.29 is 19.0 Å². The van der Waals surface area contributed by atoms with Crippen molar-refractivity contribution in [1.29, 1.82) is 0 Å². The largest absolute Gasteiger partial charge is 0.420 e. The standard InChI is InChI=1S/C16H37NO4Si/c1-14(11-21-12-15(2)17)7-8-16(18)13-20-9-6-10-22(4,5)19-3/h14-16,18H,6-13,17H2,1-5H3. The second-order valence-electron chi connectivity index (χ2n) is 6.99. The Morgan fingerprint density at radius 1 is 1.05 bits per heavy atom. The van der Waals surface area contributed by atoms with Gasteiger partial charge >= 0.3 is 0 Å². The maximum absolute atomic E-state index is 9.92. The van der Waals surface area contributed by atoms with E-state index in [0.717, 1.165) is 25.3 Å². The molecule has 0 heterocycles. The van der Waals surface area contributed by atoms with Gasteiger partial charge in [-0.1, -0.05) is 6.92 Å². The number of hydrogen-bond acceptors (Lipinski definition) is 5. The minimum atomic E-state index is -1.47. The SMILES string of the molecule is CO[Si](C)(C)CCCOCC(O)CCC(C)COCC(C)N. The number of nitrogens with two attached hydrogens (primary N) is 1. The van der Waals surface area contributed by atoms with Gasteiger partial charge in [0.2, 0.25) is 0 Å². The molecular weight excluding hydrogens is 298 g/mol. The van der Waals surface area contributed by atoms with Crippen LogP contribution in [0.5, 0.6) is 0 Å². The van der Waals surface area contributed by atoms with Gasteiger partial charge in [0.1, 0.15) is 0 Å². The van der Waals surface area contributed by atoms with Crippen LogP contribution in [-0.2, 0) is 13.9 Å². The zero-order valence-corrected chi connectivity index (χ0v) is 16.1. The van der Waals surface area contributed by atoms with Crippen molar-refractivity contribution in [2.75, 3.05) is 33.5 Å². The first-order valence-corrected chi connectivity index (χ1v) is 11.5. The van der Waals surface area contributed by atoms with Crippen LogP contribution in [0.1, 0.15) is 33.1 Å². The number of aliphatic hydroxyl groups excluding tert-OH is 1. The second-order valence-corrected chi connectivity index (χ2v) is 11.4. The van der Waals surface area contributed by atoms with E-state index in [1.54, 1.807) is 7.11 Å². The molecule has 0 spiro atoms. The third-order valence-corrected chi connectivity index (χ3v) is 6.37. The first-order valence-electron chi connectivity index (χ1n) is 8.41. The maximum Gasteiger partial charge on any atom is 0.186 e. The van der Waals surface area contributed by atoms with Crippen molar-refractivity contribution in [2.45, 2.75) is 64.4 Å². The maximum atomic E-state index is 9.92. The summed E-state index contributed by atoms with van der Waals surface area (Å²) in [4.78, 5) is 0. The van der Waals surface area contributed by atoms with E-state index in [0.29, 0.717) is 32.3 Å². The Morgan fingerprint density at radius 3 is 2.32 bits per heavy atom. The Bertz CT molecular complexity index is 265. The molecule has 3 atom stereocenters. The fraction of sp³-hybridized carbons (Fsp3) is 1.00. The lowest BCUT2D eigenvalue weighted by atomic mass is 10.0. The molecule has 0 aliphatic heterocycles. The highest BCUT2D eigenvalue weighted by atomic mass is 28.4. The van der Waals surface area contributed by atoms with Crippen LogP contribution in [-0.4, -0.2) is 59.1 Å². The summed E-state index contributed by atoms with van der Waals surface area (Å²) in [5, 5.41) is 9.92. The Kier molecular flexibility index (Phi) is 12.5. The highest BCUT2D eigenvalue weighted by Crippen LogP contribution is 2.13. The van der Waals surface area contributed by atoms with Crippen LogP contribution in [0.3, 0.4) is 0 Å². The van der Waals surface area contributed by atoms with Crippen LogP contribution in [0, 0.1) is 5.92 Å². The Labute approximate surface area is 137 Å². The fourth-order valence-corrected chi connectivity index (χ4v) is 3.22. The zero-order chi connectivity index (χ0) is 17.0. The summed E-state index contributed by atoms with van der Waals surface area (Å²) < 4.78 is 16.5. The van der Waals surface area contributed by atoms with Gasteiger partial charge < -0.3 is 24.7 Å². The predicted molar refractivity (Wildman–Crippen MR) is 93.6 cm³/mol. The minimum absolute atomic E-state index is 0.0809. The van der Waals surface area contributed by atoms with Crippen LogP contribution in [0.4, 0.5) is 0 Å². The fourth-order valence-electron chi connectivity index (χ4n) is 2.02. The highest BCUT2D eigenvalue weighted by molar-refractivity contribution is 6.71. The molecule has 3 unspecified atom stereocenters. The van der Waals surface area contributed by atoms with Gasteiger partial charge in [0, 0.05) is 26.4 Å². The van der Waals surface area contributed by atoms with Crippen LogP contribution < -0.4 is 5.73 Å². The van der Waals surface area contributed by atoms with Crippen molar-refractivity contribution in [3.05, 3.63) is 0 Å². The van der Waals surface area contributed by atoms with Crippen LogP contribution in [0.15, 0.2) is 0 Å². The summed E-state index contributed by atoms with van der Waals surface area (Å²) in [5.41, 5.74) is 5.63. The molecule has 0 fully saturated rings. The van der Waals surface area contributed by atoms with E-state index in [2.05, 4.69) is 20.0 Å². The number of rotatable bonds is 14. The molecule has 0 saturated carbocycles. The molecule has 134 valence electrons. The molecule has 0 aliphatic rings. The van der Waals surface area contributed by atoms with Gasteiger partial charge in [-0.2, -0.15) is 0 Å². The van der Waals surface area contributed by atoms with Crippen LogP contribution >= 0.6 is 0 Å². The monoisotopic (exact) mass is 335 g/mol. The molecule has 0 aromatic rings. The summed E-state index contributed by atoms with van der Waals surface area (Å²) in [6, 6.07) is 1.17. The average molecular weight is 336 g/mol. The number of ether oxygens (including phenoxy) is 2. The van der Waals surface area contributed by atoms with Gasteiger partial charge in [0.25, 0.3) is 0 Å². The van der Waals surface area contributed by atoms with Crippen molar-refractivity contribution >= 4 is 8.32 Å². The molecule has 0 aliphatic carbocycles. The van der Waals surface area contributed by atoms with E-state index in [-0.39, 0.29) is 12.1 Å². The second kappa shape index (κ2) is 12.4. The molecule has 0 amide bonds. The molecular formula is C16H37NO4Si. The molecule has 0 rings (SSSR count). The highest BCUT2D eigenvalue weighted by Gasteiger charge is 2.19. The summed E-state index contributed by atoms with van der Waals surface area (Å²) in [6.07, 6.45) is 2.30. The molecule has 0 aromatic carbocycles. The Hall–Kier alpha value is 0.0169. The van der Waals surface area contributed by atoms with E-state index < -0.39 is 8.32 Å². The smallest absolute Gasteiger partial charge is 0.186 e. The van der Waals surface area contributed by atoms with E-state index in [1.165, 1.54) is 0 Å². The molecule has 0 saturated heterocycles. The van der Waals surface area contributed by atoms with E-state index in [1.807, 2.05) is 6.92 Å². The normalized spacial score (nSPS) is 16.5. The van der Waals surface area contributed by atoms with Crippen molar-refractivity contribution in [3.63, 3.8) is 0 Å². The lowest BCUT2D eigenvalue weighted by Gasteiger charge is -2.20. The van der Waals surface area contributed by atoms with Gasteiger partial charge in [-0.15, -0.1) is 0 Å². The van der Waals surface area contributed by atoms with Gasteiger partial charge in [0.15, 0.2) is 8.32 Å². The number of hydrogen-bond donors (Lipinski definition) is 2. The third kappa shape index (κ3) is 13.7. The van der Waals surface area contributed by atoms with Gasteiger partial charge in [-0.25, -0.2) is 0 Å². The molecule has 3 N–H and O–H groups in total. The molecule has 0 bridgehead atoms. The van der Waals surface area contributed by atoms with E-state index in [4.69, 9.17) is 19.6 Å². The van der Waals surface area contributed by atoms with E-state index >= 15 is 0 Å². The summed E-state index contributed by atoms with van der Waals surface area (Å²) in [6.45, 7) is 10.9. The number of aliphatic hydroxyl groups is 1. The molecule has 0 radical (unpaired) electrons. The van der Waals surface area contributed by atoms with Gasteiger partial charge in [0.05, 0.1) is 19.3 Å². The Balaban J connectivity index is 3.51. The van der Waals surface area contributed by atoms with Crippen LogP contribution in [0.25, 0.3) is 0 Å². The topological polar surface area (TPSA) is 73.9 Å². The lowest BCUT2D eigenvalue weighted by molar-refractivity contribution is 0.0255. The average Bonchev–Trinajstić information content (AvgIpc) is 2.44. The lowest BCUT2D eigenvalue weighted by Crippen LogP contribution is -2.28. The summed E-state index contributed by atoms with van der Waals surface area (Å²) in [5.74, 6) is 0.432. The Morgan fingerprint density at radius 2 is 1.73 bits per heavy atom. The predicted octanol–water partition coefficient (Wildman–Crippen LogP) is 2.39. The minimum Gasteiger partial charge on any atom is -0.420 e. The van der Waals surface area contributed by atoms with Crippen LogP contribution in [0.2, 0.25) is 19.1 Å². The first kappa shape index (κ1) is 22.0. The molecule has 22 heavy (non-hydrogen) atoms. The molecule has 0 aromatic heterocycles. The summed E-state index contributed by atoms with van der Waals surface area (Å²) >= 11 is 0. The van der Waals surface area contributed by atoms with Crippen molar-refractivity contribution in [1.82, 2.24) is 0 Å².